The molecule has 0 heterocycles. The van der Waals surface area contributed by atoms with Crippen LogP contribution in [-0.4, -0.2) is 25.7 Å². The molecule has 0 unspecified atom stereocenters. The van der Waals surface area contributed by atoms with Gasteiger partial charge in [0.05, 0.1) is 7.11 Å². The number of methoxy groups -OCH3 is 1. The minimum atomic E-state index is -4.81. The molecular weight excluding hydrogens is 247 g/mol. The quantitative estimate of drug-likeness (QED) is 0.826. The summed E-state index contributed by atoms with van der Waals surface area (Å²) in [6.45, 7) is 0.00434. The molecule has 0 aromatic heterocycles. The van der Waals surface area contributed by atoms with Gasteiger partial charge >= 0.3 is 12.1 Å². The van der Waals surface area contributed by atoms with E-state index in [1.807, 2.05) is 17.4 Å². The van der Waals surface area contributed by atoms with E-state index in [-0.39, 0.29) is 6.54 Å². The number of rotatable bonds is 5. The zero-order chi connectivity index (χ0) is 13.6. The topological polar surface area (TPSA) is 38.3 Å². The molecule has 18 heavy (non-hydrogen) atoms. The van der Waals surface area contributed by atoms with Crippen LogP contribution < -0.4 is 10.1 Å². The molecule has 0 aliphatic rings. The summed E-state index contributed by atoms with van der Waals surface area (Å²) in [5.74, 6) is -1.17. The number of carbonyl (C=O) groups excluding carboxylic acids is 1. The number of amides is 1. The second kappa shape index (κ2) is 6.28. The number of alkyl halides is 3. The van der Waals surface area contributed by atoms with Crippen molar-refractivity contribution in [3.05, 3.63) is 29.8 Å². The molecule has 0 aliphatic heterocycles. The zero-order valence-corrected chi connectivity index (χ0v) is 9.88. The van der Waals surface area contributed by atoms with Crippen LogP contribution in [0, 0.1) is 0 Å². The molecule has 1 aromatic carbocycles. The van der Waals surface area contributed by atoms with Crippen LogP contribution in [0.25, 0.3) is 0 Å². The Balaban J connectivity index is 2.27. The fourth-order valence-corrected chi connectivity index (χ4v) is 1.39. The molecule has 6 heteroatoms. The summed E-state index contributed by atoms with van der Waals surface area (Å²) < 4.78 is 40.6. The molecule has 1 aromatic rings. The lowest BCUT2D eigenvalue weighted by Gasteiger charge is -2.07. The lowest BCUT2D eigenvalue weighted by atomic mass is 10.1. The lowest BCUT2D eigenvalue weighted by molar-refractivity contribution is -0.173. The number of carbonyl (C=O) groups is 1. The average molecular weight is 261 g/mol. The van der Waals surface area contributed by atoms with Crippen molar-refractivity contribution < 1.29 is 22.7 Å². The van der Waals surface area contributed by atoms with Gasteiger partial charge in [0, 0.05) is 6.54 Å². The van der Waals surface area contributed by atoms with Gasteiger partial charge in [0.2, 0.25) is 0 Å². The zero-order valence-electron chi connectivity index (χ0n) is 9.88. The molecule has 1 amide bonds. The molecule has 0 bridgehead atoms. The molecule has 0 saturated heterocycles. The molecule has 100 valence electrons. The molecule has 0 spiro atoms. The van der Waals surface area contributed by atoms with Crippen molar-refractivity contribution in [1.82, 2.24) is 5.32 Å². The smallest absolute Gasteiger partial charge is 0.471 e. The number of benzene rings is 1. The Morgan fingerprint density at radius 1 is 1.28 bits per heavy atom. The Morgan fingerprint density at radius 2 is 1.89 bits per heavy atom. The molecular formula is C12H14F3NO2. The van der Waals surface area contributed by atoms with Crippen LogP contribution in [0.1, 0.15) is 12.0 Å². The van der Waals surface area contributed by atoms with E-state index in [1.165, 1.54) is 0 Å². The van der Waals surface area contributed by atoms with Crippen LogP contribution in [0.5, 0.6) is 5.75 Å². The van der Waals surface area contributed by atoms with Gasteiger partial charge < -0.3 is 10.1 Å². The maximum Gasteiger partial charge on any atom is 0.471 e. The van der Waals surface area contributed by atoms with Gasteiger partial charge in [-0.05, 0) is 30.5 Å². The van der Waals surface area contributed by atoms with E-state index in [2.05, 4.69) is 0 Å². The van der Waals surface area contributed by atoms with Crippen LogP contribution >= 0.6 is 0 Å². The summed E-state index contributed by atoms with van der Waals surface area (Å²) in [6, 6.07) is 7.24. The minimum Gasteiger partial charge on any atom is -0.497 e. The molecule has 3 nitrogen and oxygen atoms in total. The fourth-order valence-electron chi connectivity index (χ4n) is 1.39. The Morgan fingerprint density at radius 3 is 2.39 bits per heavy atom. The minimum absolute atomic E-state index is 0.00434. The highest BCUT2D eigenvalue weighted by molar-refractivity contribution is 5.81. The van der Waals surface area contributed by atoms with E-state index in [4.69, 9.17) is 4.74 Å². The molecule has 0 fully saturated rings. The van der Waals surface area contributed by atoms with Crippen LogP contribution in [0.3, 0.4) is 0 Å². The second-order valence-corrected chi connectivity index (χ2v) is 3.71. The third-order valence-corrected chi connectivity index (χ3v) is 2.34. The fraction of sp³-hybridized carbons (Fsp3) is 0.417. The summed E-state index contributed by atoms with van der Waals surface area (Å²) in [6.07, 6.45) is -3.75. The number of ether oxygens (including phenoxy) is 1. The highest BCUT2D eigenvalue weighted by atomic mass is 19.4. The van der Waals surface area contributed by atoms with Gasteiger partial charge in [-0.15, -0.1) is 0 Å². The number of hydrogen-bond acceptors (Lipinski definition) is 2. The Labute approximate surface area is 103 Å². The predicted octanol–water partition coefficient (Wildman–Crippen LogP) is 2.31. The Kier molecular flexibility index (Phi) is 5.00. The van der Waals surface area contributed by atoms with Crippen LogP contribution in [0.15, 0.2) is 24.3 Å². The van der Waals surface area contributed by atoms with Gasteiger partial charge in [0.1, 0.15) is 5.75 Å². The van der Waals surface area contributed by atoms with E-state index >= 15 is 0 Å². The molecule has 1 rings (SSSR count). The summed E-state index contributed by atoms with van der Waals surface area (Å²) in [5.41, 5.74) is 0.983. The highest BCUT2D eigenvalue weighted by Gasteiger charge is 2.38. The lowest BCUT2D eigenvalue weighted by Crippen LogP contribution is -2.37. The molecule has 0 radical (unpaired) electrons. The van der Waals surface area contributed by atoms with Crippen molar-refractivity contribution in [3.63, 3.8) is 0 Å². The number of nitrogens with one attached hydrogen (secondary N) is 1. The normalized spacial score (nSPS) is 11.1. The van der Waals surface area contributed by atoms with E-state index in [9.17, 15) is 18.0 Å². The molecule has 0 aliphatic carbocycles. The van der Waals surface area contributed by atoms with Crippen molar-refractivity contribution >= 4 is 5.91 Å². The molecule has 1 N–H and O–H groups in total. The first-order chi connectivity index (χ1) is 8.43. The second-order valence-electron chi connectivity index (χ2n) is 3.71. The number of aryl methyl sites for hydroxylation is 1. The van der Waals surface area contributed by atoms with E-state index in [0.29, 0.717) is 12.8 Å². The first kappa shape index (κ1) is 14.3. The van der Waals surface area contributed by atoms with Gasteiger partial charge in [0.15, 0.2) is 0 Å². The van der Waals surface area contributed by atoms with Gasteiger partial charge in [-0.3, -0.25) is 4.79 Å². The van der Waals surface area contributed by atoms with E-state index in [1.54, 1.807) is 19.2 Å². The SMILES string of the molecule is COc1ccc(CCCNC(=O)C(F)(F)F)cc1. The summed E-state index contributed by atoms with van der Waals surface area (Å²) in [5, 5.41) is 1.83. The van der Waals surface area contributed by atoms with Gasteiger partial charge in [0.25, 0.3) is 0 Å². The molecule has 0 atom stereocenters. The predicted molar refractivity (Wildman–Crippen MR) is 60.4 cm³/mol. The molecule has 0 saturated carbocycles. The van der Waals surface area contributed by atoms with Crippen molar-refractivity contribution in [2.45, 2.75) is 19.0 Å². The summed E-state index contributed by atoms with van der Waals surface area (Å²) >= 11 is 0. The monoisotopic (exact) mass is 261 g/mol. The van der Waals surface area contributed by atoms with Gasteiger partial charge in [-0.25, -0.2) is 0 Å². The van der Waals surface area contributed by atoms with Crippen molar-refractivity contribution in [3.8, 4) is 5.75 Å². The maximum atomic E-state index is 11.9. The first-order valence-electron chi connectivity index (χ1n) is 5.41. The van der Waals surface area contributed by atoms with Crippen LogP contribution in [-0.2, 0) is 11.2 Å². The Bertz CT molecular complexity index is 387. The van der Waals surface area contributed by atoms with Crippen LogP contribution in [0.4, 0.5) is 13.2 Å². The highest BCUT2D eigenvalue weighted by Crippen LogP contribution is 2.14. The largest absolute Gasteiger partial charge is 0.497 e. The van der Waals surface area contributed by atoms with E-state index < -0.39 is 12.1 Å². The van der Waals surface area contributed by atoms with Crippen molar-refractivity contribution in [2.75, 3.05) is 13.7 Å². The van der Waals surface area contributed by atoms with Gasteiger partial charge in [-0.2, -0.15) is 13.2 Å². The first-order valence-corrected chi connectivity index (χ1v) is 5.41. The van der Waals surface area contributed by atoms with Gasteiger partial charge in [-0.1, -0.05) is 12.1 Å². The van der Waals surface area contributed by atoms with E-state index in [0.717, 1.165) is 11.3 Å². The Hall–Kier alpha value is -1.72. The maximum absolute atomic E-state index is 11.9. The van der Waals surface area contributed by atoms with Crippen molar-refractivity contribution in [2.24, 2.45) is 0 Å². The number of hydrogen-bond donors (Lipinski definition) is 1. The van der Waals surface area contributed by atoms with Crippen LogP contribution in [0.2, 0.25) is 0 Å². The number of halogens is 3. The summed E-state index contributed by atoms with van der Waals surface area (Å²) in [7, 11) is 1.56. The van der Waals surface area contributed by atoms with Crippen molar-refractivity contribution in [1.29, 1.82) is 0 Å². The third kappa shape index (κ3) is 4.65. The third-order valence-electron chi connectivity index (χ3n) is 2.34. The standard InChI is InChI=1S/C12H14F3NO2/c1-18-10-6-4-9(5-7-10)3-2-8-16-11(17)12(13,14)15/h4-7H,2-3,8H2,1H3,(H,16,17). The summed E-state index contributed by atoms with van der Waals surface area (Å²) in [4.78, 5) is 10.5. The average Bonchev–Trinajstić information content (AvgIpc) is 2.34.